The quantitative estimate of drug-likeness (QED) is 0.370. The first-order chi connectivity index (χ1) is 18.1. The van der Waals surface area contributed by atoms with Crippen LogP contribution >= 0.6 is 12.2 Å². The average molecular weight is 512 g/mol. The number of pyridine rings is 1. The Morgan fingerprint density at radius 2 is 1.76 bits per heavy atom. The summed E-state index contributed by atoms with van der Waals surface area (Å²) in [5, 5.41) is 6.92. The predicted octanol–water partition coefficient (Wildman–Crippen LogP) is 4.95. The van der Waals surface area contributed by atoms with Crippen LogP contribution in [0.15, 0.2) is 72.9 Å². The molecule has 0 amide bonds. The highest BCUT2D eigenvalue weighted by Crippen LogP contribution is 2.41. The van der Waals surface area contributed by atoms with Crippen LogP contribution in [-0.2, 0) is 4.74 Å². The fourth-order valence-corrected chi connectivity index (χ4v) is 6.25. The second kappa shape index (κ2) is 10.2. The predicted molar refractivity (Wildman–Crippen MR) is 152 cm³/mol. The Balaban J connectivity index is 1.42. The molecule has 0 saturated carbocycles. The van der Waals surface area contributed by atoms with Gasteiger partial charge in [0.1, 0.15) is 0 Å². The largest absolute Gasteiger partial charge is 0.379 e. The van der Waals surface area contributed by atoms with Crippen LogP contribution in [0.3, 0.4) is 0 Å². The second-order valence-corrected chi connectivity index (χ2v) is 10.3. The number of aryl methyl sites for hydroxylation is 1. The van der Waals surface area contributed by atoms with E-state index in [4.69, 9.17) is 21.9 Å². The zero-order chi connectivity index (χ0) is 25.4. The van der Waals surface area contributed by atoms with E-state index in [9.17, 15) is 0 Å². The Kier molecular flexibility index (Phi) is 6.67. The number of ether oxygens (including phenoxy) is 1. The van der Waals surface area contributed by atoms with Crippen LogP contribution in [0.5, 0.6) is 0 Å². The SMILES string of the molecule is Cc1cc(C2C(c3ccccn3)NC(=S)N2CCN2CCOCC2)c(C)n1-c1cccc2ccccc12. The molecule has 2 aliphatic heterocycles. The maximum absolute atomic E-state index is 5.94. The third-order valence-corrected chi connectivity index (χ3v) is 8.11. The zero-order valence-electron chi connectivity index (χ0n) is 21.4. The molecular formula is C30H33N5OS. The van der Waals surface area contributed by atoms with E-state index in [0.29, 0.717) is 0 Å². The minimum atomic E-state index is -0.0140. The van der Waals surface area contributed by atoms with Gasteiger partial charge in [-0.1, -0.05) is 42.5 Å². The molecular weight excluding hydrogens is 478 g/mol. The van der Waals surface area contributed by atoms with Crippen molar-refractivity contribution in [2.45, 2.75) is 25.9 Å². The third kappa shape index (κ3) is 4.52. The van der Waals surface area contributed by atoms with Crippen molar-refractivity contribution in [2.24, 2.45) is 0 Å². The van der Waals surface area contributed by atoms with Gasteiger partial charge in [-0.3, -0.25) is 9.88 Å². The number of thiocarbonyl (C=S) groups is 1. The molecule has 2 aliphatic rings. The molecule has 2 aromatic heterocycles. The van der Waals surface area contributed by atoms with Gasteiger partial charge in [-0.2, -0.15) is 0 Å². The summed E-state index contributed by atoms with van der Waals surface area (Å²) in [7, 11) is 0. The fraction of sp³-hybridized carbons (Fsp3) is 0.333. The molecule has 0 aliphatic carbocycles. The van der Waals surface area contributed by atoms with Crippen LogP contribution in [0, 0.1) is 13.8 Å². The fourth-order valence-electron chi connectivity index (χ4n) is 5.92. The number of aromatic nitrogens is 2. The Hall–Kier alpha value is -3.26. The lowest BCUT2D eigenvalue weighted by molar-refractivity contribution is 0.0350. The van der Waals surface area contributed by atoms with Gasteiger partial charge in [0.25, 0.3) is 0 Å². The van der Waals surface area contributed by atoms with Gasteiger partial charge in [-0.25, -0.2) is 0 Å². The number of benzene rings is 2. The molecule has 0 radical (unpaired) electrons. The lowest BCUT2D eigenvalue weighted by Gasteiger charge is -2.32. The molecule has 6 nitrogen and oxygen atoms in total. The molecule has 2 saturated heterocycles. The number of nitrogens with zero attached hydrogens (tertiary/aromatic N) is 4. The molecule has 190 valence electrons. The van der Waals surface area contributed by atoms with Crippen LogP contribution in [-0.4, -0.2) is 63.9 Å². The summed E-state index contributed by atoms with van der Waals surface area (Å²) >= 11 is 5.94. The summed E-state index contributed by atoms with van der Waals surface area (Å²) in [4.78, 5) is 9.57. The van der Waals surface area contributed by atoms with E-state index in [0.717, 1.165) is 50.2 Å². The molecule has 2 atom stereocenters. The molecule has 2 fully saturated rings. The van der Waals surface area contributed by atoms with Gasteiger partial charge in [0, 0.05) is 49.1 Å². The monoisotopic (exact) mass is 511 g/mol. The summed E-state index contributed by atoms with van der Waals surface area (Å²) in [5.41, 5.74) is 5.97. The van der Waals surface area contributed by atoms with Gasteiger partial charge in [-0.15, -0.1) is 0 Å². The number of fused-ring (bicyclic) bond motifs is 1. The van der Waals surface area contributed by atoms with Crippen LogP contribution in [0.1, 0.15) is 34.7 Å². The van der Waals surface area contributed by atoms with Crippen molar-refractivity contribution in [3.05, 3.63) is 95.6 Å². The van der Waals surface area contributed by atoms with E-state index in [2.05, 4.69) is 94.2 Å². The molecule has 37 heavy (non-hydrogen) atoms. The lowest BCUT2D eigenvalue weighted by Crippen LogP contribution is -2.42. The molecule has 1 N–H and O–H groups in total. The van der Waals surface area contributed by atoms with Gasteiger partial charge in [-0.05, 0) is 61.3 Å². The molecule has 6 rings (SSSR count). The molecule has 0 bridgehead atoms. The highest BCUT2D eigenvalue weighted by molar-refractivity contribution is 7.80. The van der Waals surface area contributed by atoms with Gasteiger partial charge in [0.05, 0.1) is 36.7 Å². The van der Waals surface area contributed by atoms with Crippen LogP contribution in [0.25, 0.3) is 16.5 Å². The van der Waals surface area contributed by atoms with Gasteiger partial charge in [0.15, 0.2) is 5.11 Å². The van der Waals surface area contributed by atoms with Crippen molar-refractivity contribution in [3.63, 3.8) is 0 Å². The number of nitrogens with one attached hydrogen (secondary N) is 1. The van der Waals surface area contributed by atoms with Gasteiger partial charge < -0.3 is 19.5 Å². The molecule has 2 unspecified atom stereocenters. The highest BCUT2D eigenvalue weighted by atomic mass is 32.1. The normalized spacial score (nSPS) is 20.5. The summed E-state index contributed by atoms with van der Waals surface area (Å²) in [6.45, 7) is 9.80. The van der Waals surface area contributed by atoms with E-state index in [1.807, 2.05) is 12.3 Å². The second-order valence-electron chi connectivity index (χ2n) is 9.93. The van der Waals surface area contributed by atoms with Crippen molar-refractivity contribution < 1.29 is 4.74 Å². The Labute approximate surface area is 223 Å². The maximum atomic E-state index is 5.94. The third-order valence-electron chi connectivity index (χ3n) is 7.76. The van der Waals surface area contributed by atoms with E-state index >= 15 is 0 Å². The minimum Gasteiger partial charge on any atom is -0.379 e. The van der Waals surface area contributed by atoms with E-state index in [-0.39, 0.29) is 12.1 Å². The summed E-state index contributed by atoms with van der Waals surface area (Å²) < 4.78 is 7.96. The number of morpholine rings is 1. The van der Waals surface area contributed by atoms with E-state index in [1.54, 1.807) is 0 Å². The topological polar surface area (TPSA) is 45.6 Å². The average Bonchev–Trinajstić information content (AvgIpc) is 3.42. The van der Waals surface area contributed by atoms with E-state index < -0.39 is 0 Å². The standard InChI is InChI=1S/C30H33N5OS/c1-21-20-25(22(2)35(21)27-12-7-9-23-8-3-4-10-24(23)27)29-28(26-11-5-6-13-31-26)32-30(37)34(29)15-14-33-16-18-36-19-17-33/h3-13,20,28-29H,14-19H2,1-2H3,(H,32,37). The van der Waals surface area contributed by atoms with Gasteiger partial charge >= 0.3 is 0 Å². The first kappa shape index (κ1) is 24.1. The highest BCUT2D eigenvalue weighted by Gasteiger charge is 2.41. The first-order valence-electron chi connectivity index (χ1n) is 13.1. The van der Waals surface area contributed by atoms with Crippen molar-refractivity contribution in [1.29, 1.82) is 0 Å². The smallest absolute Gasteiger partial charge is 0.170 e. The van der Waals surface area contributed by atoms with Crippen molar-refractivity contribution in [1.82, 2.24) is 24.7 Å². The first-order valence-corrected chi connectivity index (χ1v) is 13.5. The number of hydrogen-bond acceptors (Lipinski definition) is 4. The lowest BCUT2D eigenvalue weighted by atomic mass is 9.96. The minimum absolute atomic E-state index is 0.0140. The summed E-state index contributed by atoms with van der Waals surface area (Å²) in [6, 6.07) is 23.6. The molecule has 2 aromatic carbocycles. The Bertz CT molecular complexity index is 1410. The molecule has 4 heterocycles. The summed E-state index contributed by atoms with van der Waals surface area (Å²) in [5.74, 6) is 0. The Morgan fingerprint density at radius 3 is 2.57 bits per heavy atom. The van der Waals surface area contributed by atoms with Crippen LogP contribution < -0.4 is 5.32 Å². The summed E-state index contributed by atoms with van der Waals surface area (Å²) in [6.07, 6.45) is 1.87. The molecule has 4 aromatic rings. The Morgan fingerprint density at radius 1 is 0.973 bits per heavy atom. The van der Waals surface area contributed by atoms with Crippen molar-refractivity contribution in [3.8, 4) is 5.69 Å². The number of rotatable bonds is 6. The van der Waals surface area contributed by atoms with Crippen molar-refractivity contribution in [2.75, 3.05) is 39.4 Å². The molecule has 0 spiro atoms. The van der Waals surface area contributed by atoms with Gasteiger partial charge in [0.2, 0.25) is 0 Å². The molecule has 7 heteroatoms. The van der Waals surface area contributed by atoms with Crippen LogP contribution in [0.4, 0.5) is 0 Å². The van der Waals surface area contributed by atoms with Crippen molar-refractivity contribution >= 4 is 28.1 Å². The number of hydrogen-bond donors (Lipinski definition) is 1. The van der Waals surface area contributed by atoms with E-state index in [1.165, 1.54) is 33.4 Å². The van der Waals surface area contributed by atoms with Crippen LogP contribution in [0.2, 0.25) is 0 Å². The zero-order valence-corrected chi connectivity index (χ0v) is 22.2. The maximum Gasteiger partial charge on any atom is 0.170 e.